The molecule has 0 heterocycles. The van der Waals surface area contributed by atoms with Gasteiger partial charge in [0, 0.05) is 11.6 Å². The van der Waals surface area contributed by atoms with Gasteiger partial charge in [-0.15, -0.1) is 0 Å². The van der Waals surface area contributed by atoms with Crippen LogP contribution in [0, 0.1) is 0 Å². The summed E-state index contributed by atoms with van der Waals surface area (Å²) < 4.78 is 11.3. The van der Waals surface area contributed by atoms with Crippen LogP contribution in [-0.4, -0.2) is 7.11 Å². The molecule has 1 aliphatic rings. The molecule has 20 heavy (non-hydrogen) atoms. The highest BCUT2D eigenvalue weighted by molar-refractivity contribution is 5.45. The minimum Gasteiger partial charge on any atom is -0.496 e. The molecule has 0 amide bonds. The maximum absolute atomic E-state index is 6.09. The Labute approximate surface area is 119 Å². The van der Waals surface area contributed by atoms with Gasteiger partial charge in [0.1, 0.15) is 18.1 Å². The third kappa shape index (κ3) is 2.37. The van der Waals surface area contributed by atoms with Crippen molar-refractivity contribution in [1.29, 1.82) is 0 Å². The van der Waals surface area contributed by atoms with Gasteiger partial charge in [0.2, 0.25) is 0 Å². The zero-order valence-corrected chi connectivity index (χ0v) is 11.6. The second-order valence-corrected chi connectivity index (χ2v) is 5.07. The van der Waals surface area contributed by atoms with Crippen LogP contribution in [0.15, 0.2) is 42.5 Å². The minimum atomic E-state index is 0.153. The standard InChI is InChI=1S/C17H19NO2/c1-19-16-7-3-2-5-12(16)11-20-17-8-4-6-13-14(17)9-10-15(13)18/h2-8,15H,9-11,18H2,1H3. The summed E-state index contributed by atoms with van der Waals surface area (Å²) in [5, 5.41) is 0. The van der Waals surface area contributed by atoms with Gasteiger partial charge in [-0.2, -0.15) is 0 Å². The third-order valence-electron chi connectivity index (χ3n) is 3.85. The van der Waals surface area contributed by atoms with Crippen molar-refractivity contribution in [3.05, 3.63) is 59.2 Å². The fourth-order valence-corrected chi connectivity index (χ4v) is 2.77. The predicted octanol–water partition coefficient (Wildman–Crippen LogP) is 3.22. The fraction of sp³-hybridized carbons (Fsp3) is 0.294. The number of hydrogen-bond donors (Lipinski definition) is 1. The topological polar surface area (TPSA) is 44.5 Å². The summed E-state index contributed by atoms with van der Waals surface area (Å²) >= 11 is 0. The number of para-hydroxylation sites is 1. The van der Waals surface area contributed by atoms with Gasteiger partial charge in [0.15, 0.2) is 0 Å². The molecule has 2 aromatic carbocycles. The first-order valence-electron chi connectivity index (χ1n) is 6.91. The molecule has 2 aromatic rings. The van der Waals surface area contributed by atoms with E-state index in [0.717, 1.165) is 29.9 Å². The number of nitrogens with two attached hydrogens (primary N) is 1. The Morgan fingerprint density at radius 3 is 2.75 bits per heavy atom. The lowest BCUT2D eigenvalue weighted by Gasteiger charge is -2.13. The monoisotopic (exact) mass is 269 g/mol. The number of hydrogen-bond acceptors (Lipinski definition) is 3. The van der Waals surface area contributed by atoms with Crippen LogP contribution in [0.4, 0.5) is 0 Å². The Bertz CT molecular complexity index is 610. The van der Waals surface area contributed by atoms with Crippen LogP contribution in [0.5, 0.6) is 11.5 Å². The quantitative estimate of drug-likeness (QED) is 0.927. The summed E-state index contributed by atoms with van der Waals surface area (Å²) in [6.07, 6.45) is 2.00. The van der Waals surface area contributed by atoms with Crippen molar-refractivity contribution >= 4 is 0 Å². The van der Waals surface area contributed by atoms with E-state index in [1.807, 2.05) is 36.4 Å². The maximum Gasteiger partial charge on any atom is 0.125 e. The van der Waals surface area contributed by atoms with E-state index >= 15 is 0 Å². The van der Waals surface area contributed by atoms with Gasteiger partial charge in [0.25, 0.3) is 0 Å². The number of benzene rings is 2. The summed E-state index contributed by atoms with van der Waals surface area (Å²) in [6, 6.07) is 14.2. The average molecular weight is 269 g/mol. The molecule has 0 spiro atoms. The molecule has 1 unspecified atom stereocenters. The summed E-state index contributed by atoms with van der Waals surface area (Å²) in [4.78, 5) is 0. The van der Waals surface area contributed by atoms with Gasteiger partial charge >= 0.3 is 0 Å². The van der Waals surface area contributed by atoms with E-state index in [1.54, 1.807) is 7.11 Å². The Morgan fingerprint density at radius 2 is 1.90 bits per heavy atom. The van der Waals surface area contributed by atoms with E-state index in [2.05, 4.69) is 6.07 Å². The first kappa shape index (κ1) is 13.0. The molecule has 0 aliphatic heterocycles. The van der Waals surface area contributed by atoms with E-state index < -0.39 is 0 Å². The first-order valence-corrected chi connectivity index (χ1v) is 6.91. The molecule has 3 nitrogen and oxygen atoms in total. The molecule has 0 bridgehead atoms. The van der Waals surface area contributed by atoms with Crippen LogP contribution < -0.4 is 15.2 Å². The number of rotatable bonds is 4. The Hall–Kier alpha value is -2.00. The van der Waals surface area contributed by atoms with Crippen molar-refractivity contribution in [1.82, 2.24) is 0 Å². The summed E-state index contributed by atoms with van der Waals surface area (Å²) in [6.45, 7) is 0.510. The van der Waals surface area contributed by atoms with Crippen LogP contribution in [0.2, 0.25) is 0 Å². The Morgan fingerprint density at radius 1 is 1.10 bits per heavy atom. The smallest absolute Gasteiger partial charge is 0.125 e. The Balaban J connectivity index is 1.80. The summed E-state index contributed by atoms with van der Waals surface area (Å²) in [5.74, 6) is 1.80. The van der Waals surface area contributed by atoms with Crippen LogP contribution in [-0.2, 0) is 13.0 Å². The van der Waals surface area contributed by atoms with E-state index in [4.69, 9.17) is 15.2 Å². The van der Waals surface area contributed by atoms with E-state index in [9.17, 15) is 0 Å². The zero-order valence-electron chi connectivity index (χ0n) is 11.6. The molecule has 1 aliphatic carbocycles. The highest BCUT2D eigenvalue weighted by atomic mass is 16.5. The van der Waals surface area contributed by atoms with Crippen molar-refractivity contribution in [2.45, 2.75) is 25.5 Å². The molecule has 0 saturated heterocycles. The summed E-state index contributed by atoms with van der Waals surface area (Å²) in [5.41, 5.74) is 9.63. The summed E-state index contributed by atoms with van der Waals surface area (Å²) in [7, 11) is 1.68. The molecule has 1 atom stereocenters. The molecule has 3 heteroatoms. The van der Waals surface area contributed by atoms with E-state index in [-0.39, 0.29) is 6.04 Å². The number of methoxy groups -OCH3 is 1. The second kappa shape index (κ2) is 5.55. The molecule has 0 radical (unpaired) electrons. The van der Waals surface area contributed by atoms with Crippen molar-refractivity contribution in [3.63, 3.8) is 0 Å². The van der Waals surface area contributed by atoms with Crippen LogP contribution in [0.25, 0.3) is 0 Å². The van der Waals surface area contributed by atoms with Gasteiger partial charge in [-0.05, 0) is 36.1 Å². The molecule has 3 rings (SSSR count). The van der Waals surface area contributed by atoms with Crippen LogP contribution >= 0.6 is 0 Å². The molecular formula is C17H19NO2. The van der Waals surface area contributed by atoms with Crippen molar-refractivity contribution in [2.24, 2.45) is 5.73 Å². The molecule has 0 fully saturated rings. The van der Waals surface area contributed by atoms with Crippen molar-refractivity contribution in [3.8, 4) is 11.5 Å². The van der Waals surface area contributed by atoms with Crippen LogP contribution in [0.1, 0.15) is 29.2 Å². The first-order chi connectivity index (χ1) is 9.79. The van der Waals surface area contributed by atoms with Crippen molar-refractivity contribution in [2.75, 3.05) is 7.11 Å². The largest absolute Gasteiger partial charge is 0.496 e. The molecule has 104 valence electrons. The SMILES string of the molecule is COc1ccccc1COc1cccc2c1CCC2N. The second-order valence-electron chi connectivity index (χ2n) is 5.07. The number of fused-ring (bicyclic) bond motifs is 1. The van der Waals surface area contributed by atoms with Gasteiger partial charge < -0.3 is 15.2 Å². The molecule has 0 saturated carbocycles. The minimum absolute atomic E-state index is 0.153. The lowest BCUT2D eigenvalue weighted by atomic mass is 10.1. The predicted molar refractivity (Wildman–Crippen MR) is 79.0 cm³/mol. The van der Waals surface area contributed by atoms with Gasteiger partial charge in [-0.1, -0.05) is 30.3 Å². The lowest BCUT2D eigenvalue weighted by Crippen LogP contribution is -2.05. The Kier molecular flexibility index (Phi) is 3.61. The molecule has 0 aromatic heterocycles. The fourth-order valence-electron chi connectivity index (χ4n) is 2.77. The van der Waals surface area contributed by atoms with E-state index in [0.29, 0.717) is 6.61 Å². The highest BCUT2D eigenvalue weighted by Crippen LogP contribution is 2.36. The highest BCUT2D eigenvalue weighted by Gasteiger charge is 2.22. The van der Waals surface area contributed by atoms with Crippen molar-refractivity contribution < 1.29 is 9.47 Å². The zero-order chi connectivity index (χ0) is 13.9. The van der Waals surface area contributed by atoms with Crippen LogP contribution in [0.3, 0.4) is 0 Å². The molecule has 2 N–H and O–H groups in total. The van der Waals surface area contributed by atoms with Gasteiger partial charge in [-0.25, -0.2) is 0 Å². The number of ether oxygens (including phenoxy) is 2. The van der Waals surface area contributed by atoms with Gasteiger partial charge in [0.05, 0.1) is 7.11 Å². The third-order valence-corrected chi connectivity index (χ3v) is 3.85. The average Bonchev–Trinajstić information content (AvgIpc) is 2.88. The molecular weight excluding hydrogens is 250 g/mol. The van der Waals surface area contributed by atoms with Gasteiger partial charge in [-0.3, -0.25) is 0 Å². The normalized spacial score (nSPS) is 16.8. The lowest BCUT2D eigenvalue weighted by molar-refractivity contribution is 0.294. The maximum atomic E-state index is 6.09. The van der Waals surface area contributed by atoms with E-state index in [1.165, 1.54) is 11.1 Å².